The quantitative estimate of drug-likeness (QED) is 0.842. The van der Waals surface area contributed by atoms with Gasteiger partial charge in [0.05, 0.1) is 12.6 Å². The maximum absolute atomic E-state index is 13.0. The van der Waals surface area contributed by atoms with Crippen LogP contribution in [-0.4, -0.2) is 60.4 Å². The fraction of sp³-hybridized carbons (Fsp3) is 0.667. The van der Waals surface area contributed by atoms with Gasteiger partial charge >= 0.3 is 0 Å². The number of rotatable bonds is 3. The molecule has 0 bridgehead atoms. The summed E-state index contributed by atoms with van der Waals surface area (Å²) in [4.78, 5) is 19.2. The molecule has 4 rings (SSSR count). The van der Waals surface area contributed by atoms with Crippen LogP contribution in [0.15, 0.2) is 24.4 Å². The number of hydrogen-bond donors (Lipinski definition) is 0. The molecule has 1 amide bonds. The van der Waals surface area contributed by atoms with Crippen LogP contribution in [0.25, 0.3) is 0 Å². The van der Waals surface area contributed by atoms with Gasteiger partial charge in [0.1, 0.15) is 12.2 Å². The molecule has 3 fully saturated rings. The lowest BCUT2D eigenvalue weighted by Gasteiger charge is -2.34. The molecule has 1 aromatic rings. The van der Waals surface area contributed by atoms with Crippen LogP contribution >= 0.6 is 0 Å². The molecular weight excluding hydrogens is 308 g/mol. The normalized spacial score (nSPS) is 30.8. The highest BCUT2D eigenvalue weighted by atomic mass is 16.5. The number of pyridine rings is 1. The number of ether oxygens (including phenoxy) is 3. The summed E-state index contributed by atoms with van der Waals surface area (Å²) >= 11 is 0. The summed E-state index contributed by atoms with van der Waals surface area (Å²) in [6.07, 6.45) is 5.14. The number of carbonyl (C=O) groups excluding carboxylic acids is 1. The number of amides is 1. The molecule has 6 heteroatoms. The molecule has 4 heterocycles. The second-order valence-corrected chi connectivity index (χ2v) is 6.75. The van der Waals surface area contributed by atoms with Crippen LogP contribution < -0.4 is 4.74 Å². The molecule has 3 saturated heterocycles. The minimum Gasteiger partial charge on any atom is -0.470 e. The van der Waals surface area contributed by atoms with Crippen LogP contribution in [0.4, 0.5) is 0 Å². The first-order chi connectivity index (χ1) is 11.8. The van der Waals surface area contributed by atoms with Crippen molar-refractivity contribution in [3.05, 3.63) is 24.4 Å². The van der Waals surface area contributed by atoms with Gasteiger partial charge < -0.3 is 19.1 Å². The summed E-state index contributed by atoms with van der Waals surface area (Å²) < 4.78 is 17.4. The van der Waals surface area contributed by atoms with Gasteiger partial charge in [0.2, 0.25) is 11.8 Å². The van der Waals surface area contributed by atoms with Crippen molar-refractivity contribution < 1.29 is 19.0 Å². The Morgan fingerprint density at radius 3 is 2.88 bits per heavy atom. The van der Waals surface area contributed by atoms with E-state index in [2.05, 4.69) is 4.98 Å². The molecule has 0 unspecified atom stereocenters. The number of likely N-dealkylation sites (tertiary alicyclic amines) is 1. The first-order valence-electron chi connectivity index (χ1n) is 8.90. The third-order valence-corrected chi connectivity index (χ3v) is 5.24. The largest absolute Gasteiger partial charge is 0.470 e. The van der Waals surface area contributed by atoms with Crippen molar-refractivity contribution in [3.63, 3.8) is 0 Å². The van der Waals surface area contributed by atoms with Gasteiger partial charge in [-0.15, -0.1) is 0 Å². The third kappa shape index (κ3) is 3.13. The fourth-order valence-corrected chi connectivity index (χ4v) is 4.02. The first-order valence-corrected chi connectivity index (χ1v) is 8.90. The summed E-state index contributed by atoms with van der Waals surface area (Å²) in [7, 11) is 0. The Balaban J connectivity index is 1.49. The lowest BCUT2D eigenvalue weighted by Crippen LogP contribution is -2.46. The highest BCUT2D eigenvalue weighted by molar-refractivity contribution is 5.79. The lowest BCUT2D eigenvalue weighted by molar-refractivity contribution is -0.142. The van der Waals surface area contributed by atoms with Crippen LogP contribution in [0.3, 0.4) is 0 Å². The smallest absolute Gasteiger partial charge is 0.226 e. The average molecular weight is 332 g/mol. The summed E-state index contributed by atoms with van der Waals surface area (Å²) in [6.45, 7) is 2.69. The van der Waals surface area contributed by atoms with E-state index in [1.807, 2.05) is 23.1 Å². The van der Waals surface area contributed by atoms with Crippen molar-refractivity contribution >= 4 is 5.91 Å². The van der Waals surface area contributed by atoms with Crippen molar-refractivity contribution in [3.8, 4) is 5.88 Å². The van der Waals surface area contributed by atoms with Crippen LogP contribution in [0.5, 0.6) is 5.88 Å². The molecule has 0 aliphatic carbocycles. The molecular formula is C18H24N2O4. The Morgan fingerprint density at radius 2 is 2.08 bits per heavy atom. The van der Waals surface area contributed by atoms with Gasteiger partial charge in [-0.25, -0.2) is 4.98 Å². The zero-order valence-electron chi connectivity index (χ0n) is 13.8. The molecule has 24 heavy (non-hydrogen) atoms. The second kappa shape index (κ2) is 7.07. The molecule has 1 aromatic heterocycles. The molecule has 6 nitrogen and oxygen atoms in total. The van der Waals surface area contributed by atoms with E-state index in [0.717, 1.165) is 32.3 Å². The molecule has 0 aromatic carbocycles. The van der Waals surface area contributed by atoms with Crippen molar-refractivity contribution in [2.24, 2.45) is 5.92 Å². The highest BCUT2D eigenvalue weighted by Gasteiger charge is 2.48. The van der Waals surface area contributed by atoms with E-state index in [9.17, 15) is 4.79 Å². The molecule has 3 aliphatic rings. The van der Waals surface area contributed by atoms with Gasteiger partial charge in [-0.3, -0.25) is 4.79 Å². The number of nitrogens with zero attached hydrogens (tertiary/aromatic N) is 2. The van der Waals surface area contributed by atoms with Gasteiger partial charge in [-0.1, -0.05) is 6.07 Å². The Hall–Kier alpha value is -1.66. The van der Waals surface area contributed by atoms with E-state index in [4.69, 9.17) is 14.2 Å². The van der Waals surface area contributed by atoms with E-state index in [1.54, 1.807) is 6.20 Å². The van der Waals surface area contributed by atoms with Crippen LogP contribution in [-0.2, 0) is 14.3 Å². The third-order valence-electron chi connectivity index (χ3n) is 5.24. The zero-order chi connectivity index (χ0) is 16.4. The lowest BCUT2D eigenvalue weighted by atomic mass is 9.97. The molecule has 0 radical (unpaired) electrons. The minimum atomic E-state index is -0.144. The van der Waals surface area contributed by atoms with Crippen molar-refractivity contribution in [2.75, 3.05) is 26.4 Å². The first kappa shape index (κ1) is 15.8. The zero-order valence-corrected chi connectivity index (χ0v) is 13.8. The maximum Gasteiger partial charge on any atom is 0.226 e. The highest BCUT2D eigenvalue weighted by Crippen LogP contribution is 2.33. The summed E-state index contributed by atoms with van der Waals surface area (Å²) in [6, 6.07) is 5.74. The Bertz CT molecular complexity index is 561. The van der Waals surface area contributed by atoms with Crippen LogP contribution in [0, 0.1) is 5.92 Å². The average Bonchev–Trinajstić information content (AvgIpc) is 3.01. The van der Waals surface area contributed by atoms with Gasteiger partial charge in [0, 0.05) is 38.0 Å². The maximum atomic E-state index is 13.0. The van der Waals surface area contributed by atoms with Crippen LogP contribution in [0.1, 0.15) is 25.7 Å². The van der Waals surface area contributed by atoms with Gasteiger partial charge in [0.15, 0.2) is 0 Å². The molecule has 0 spiro atoms. The monoisotopic (exact) mass is 332 g/mol. The number of hydrogen-bond acceptors (Lipinski definition) is 5. The summed E-state index contributed by atoms with van der Waals surface area (Å²) in [5.41, 5.74) is 0. The standard InChI is InChI=1S/C18H24N2O4/c21-18(13-6-10-22-11-7-13)20-12-15(17-14(20)4-3-9-23-17)24-16-5-1-2-8-19-16/h1-2,5,8,13-15,17H,3-4,6-7,9-12H2/t14-,15+,17+/m1/s1. The van der Waals surface area contributed by atoms with E-state index >= 15 is 0 Å². The fourth-order valence-electron chi connectivity index (χ4n) is 4.02. The number of aromatic nitrogens is 1. The van der Waals surface area contributed by atoms with Crippen molar-refractivity contribution in [1.29, 1.82) is 0 Å². The Kier molecular flexibility index (Phi) is 4.67. The predicted molar refractivity (Wildman–Crippen MR) is 86.7 cm³/mol. The summed E-state index contributed by atoms with van der Waals surface area (Å²) in [5.74, 6) is 0.914. The topological polar surface area (TPSA) is 60.9 Å². The van der Waals surface area contributed by atoms with Crippen molar-refractivity contribution in [2.45, 2.75) is 43.9 Å². The van der Waals surface area contributed by atoms with Crippen LogP contribution in [0.2, 0.25) is 0 Å². The Labute approximate surface area is 142 Å². The molecule has 3 atom stereocenters. The molecule has 130 valence electrons. The van der Waals surface area contributed by atoms with Gasteiger partial charge in [0.25, 0.3) is 0 Å². The summed E-state index contributed by atoms with van der Waals surface area (Å²) in [5, 5.41) is 0. The van der Waals surface area contributed by atoms with E-state index in [1.165, 1.54) is 0 Å². The van der Waals surface area contributed by atoms with E-state index in [0.29, 0.717) is 25.6 Å². The molecule has 0 saturated carbocycles. The predicted octanol–water partition coefficient (Wildman–Crippen LogP) is 1.65. The van der Waals surface area contributed by atoms with E-state index < -0.39 is 0 Å². The number of carbonyl (C=O) groups is 1. The number of fused-ring (bicyclic) bond motifs is 1. The van der Waals surface area contributed by atoms with E-state index in [-0.39, 0.29) is 30.1 Å². The van der Waals surface area contributed by atoms with Gasteiger partial charge in [-0.05, 0) is 31.7 Å². The molecule has 3 aliphatic heterocycles. The SMILES string of the molecule is O=C(C1CCOCC1)N1C[C@H](Oc2ccccn2)[C@H]2OCCC[C@H]21. The van der Waals surface area contributed by atoms with Gasteiger partial charge in [-0.2, -0.15) is 0 Å². The Morgan fingerprint density at radius 1 is 1.21 bits per heavy atom. The second-order valence-electron chi connectivity index (χ2n) is 6.75. The minimum absolute atomic E-state index is 0.0513. The van der Waals surface area contributed by atoms with Crippen molar-refractivity contribution in [1.82, 2.24) is 9.88 Å². The molecule has 0 N–H and O–H groups in total.